The number of para-hydroxylation sites is 2. The molecule has 31 heavy (non-hydrogen) atoms. The van der Waals surface area contributed by atoms with E-state index >= 15 is 0 Å². The molecule has 1 aliphatic rings. The van der Waals surface area contributed by atoms with Gasteiger partial charge in [-0.3, -0.25) is 10.5 Å². The number of nitrogens with zero attached hydrogens (tertiary/aromatic N) is 3. The van der Waals surface area contributed by atoms with Gasteiger partial charge in [0.15, 0.2) is 17.3 Å². The molecule has 0 bridgehead atoms. The highest BCUT2D eigenvalue weighted by atomic mass is 16.5. The number of carbonyl (C=O) groups is 1. The summed E-state index contributed by atoms with van der Waals surface area (Å²) in [7, 11) is 3.14. The molecule has 2 aromatic carbocycles. The highest BCUT2D eigenvalue weighted by Gasteiger charge is 2.24. The van der Waals surface area contributed by atoms with Crippen LogP contribution in [0.1, 0.15) is 29.6 Å². The predicted molar refractivity (Wildman–Crippen MR) is 121 cm³/mol. The normalized spacial score (nSPS) is 14.6. The maximum absolute atomic E-state index is 13.1. The van der Waals surface area contributed by atoms with Crippen molar-refractivity contribution in [1.29, 1.82) is 0 Å². The molecule has 1 fully saturated rings. The van der Waals surface area contributed by atoms with E-state index in [0.717, 1.165) is 37.2 Å². The van der Waals surface area contributed by atoms with Crippen LogP contribution < -0.4 is 19.8 Å². The van der Waals surface area contributed by atoms with Crippen LogP contribution in [-0.4, -0.2) is 49.1 Å². The lowest BCUT2D eigenvalue weighted by atomic mass is 10.1. The van der Waals surface area contributed by atoms with Crippen LogP contribution in [0.3, 0.4) is 0 Å². The molecule has 1 saturated heterocycles. The van der Waals surface area contributed by atoms with Crippen LogP contribution in [0, 0.1) is 0 Å². The van der Waals surface area contributed by atoms with Gasteiger partial charge in [0.1, 0.15) is 17.6 Å². The van der Waals surface area contributed by atoms with Crippen molar-refractivity contribution in [2.45, 2.75) is 32.4 Å². The van der Waals surface area contributed by atoms with Crippen molar-refractivity contribution in [3.8, 4) is 11.5 Å². The minimum atomic E-state index is -0.0309. The van der Waals surface area contributed by atoms with E-state index in [9.17, 15) is 4.79 Å². The number of fused-ring (bicyclic) bond motifs is 1. The van der Waals surface area contributed by atoms with Gasteiger partial charge in [0.25, 0.3) is 0 Å². The number of nitrogens with two attached hydrogens (primary N) is 1. The van der Waals surface area contributed by atoms with Crippen molar-refractivity contribution in [3.63, 3.8) is 0 Å². The molecule has 0 atom stereocenters. The maximum atomic E-state index is 13.1. The third-order valence-corrected chi connectivity index (χ3v) is 6.11. The first-order valence-electron chi connectivity index (χ1n) is 10.9. The first-order valence-corrected chi connectivity index (χ1v) is 10.9. The molecule has 7 nitrogen and oxygen atoms in total. The van der Waals surface area contributed by atoms with E-state index in [4.69, 9.17) is 15.2 Å². The molecule has 0 unspecified atom stereocenters. The number of hydrogen-bond donors (Lipinski definition) is 1. The van der Waals surface area contributed by atoms with Gasteiger partial charge >= 0.3 is 5.95 Å². The van der Waals surface area contributed by atoms with Crippen LogP contribution in [0.2, 0.25) is 0 Å². The minimum Gasteiger partial charge on any atom is -0.493 e. The molecule has 0 radical (unpaired) electrons. The summed E-state index contributed by atoms with van der Waals surface area (Å²) in [5, 5.41) is 0. The Morgan fingerprint density at radius 1 is 1.00 bits per heavy atom. The number of benzene rings is 2. The van der Waals surface area contributed by atoms with E-state index < -0.39 is 0 Å². The number of hydrogen-bond acceptors (Lipinski definition) is 5. The van der Waals surface area contributed by atoms with Gasteiger partial charge in [-0.1, -0.05) is 18.6 Å². The number of aromatic nitrogens is 2. The van der Waals surface area contributed by atoms with Crippen LogP contribution in [0.25, 0.3) is 11.0 Å². The molecule has 3 aromatic rings. The van der Waals surface area contributed by atoms with E-state index in [1.807, 2.05) is 22.8 Å². The van der Waals surface area contributed by atoms with Gasteiger partial charge in [-0.25, -0.2) is 9.13 Å². The van der Waals surface area contributed by atoms with Gasteiger partial charge in [0.2, 0.25) is 0 Å². The van der Waals surface area contributed by atoms with E-state index in [-0.39, 0.29) is 12.3 Å². The number of anilines is 1. The molecule has 2 N–H and O–H groups in total. The molecule has 1 aromatic heterocycles. The fourth-order valence-electron chi connectivity index (χ4n) is 4.38. The van der Waals surface area contributed by atoms with Crippen LogP contribution in [0.15, 0.2) is 42.5 Å². The smallest absolute Gasteiger partial charge is 0.356 e. The summed E-state index contributed by atoms with van der Waals surface area (Å²) >= 11 is 0. The quantitative estimate of drug-likeness (QED) is 0.446. The van der Waals surface area contributed by atoms with E-state index in [0.29, 0.717) is 23.0 Å². The molecule has 7 heteroatoms. The minimum absolute atomic E-state index is 0.0309. The third kappa shape index (κ3) is 4.37. The topological polar surface area (TPSA) is 73.6 Å². The number of methoxy groups -OCH3 is 2. The fourth-order valence-corrected chi connectivity index (χ4v) is 4.38. The van der Waals surface area contributed by atoms with Crippen LogP contribution in [0.5, 0.6) is 11.5 Å². The summed E-state index contributed by atoms with van der Waals surface area (Å²) in [6, 6.07) is 13.3. The van der Waals surface area contributed by atoms with Crippen molar-refractivity contribution >= 4 is 22.8 Å². The number of nitrogen functional groups attached to an aromatic ring is 1. The Labute approximate surface area is 183 Å². The Kier molecular flexibility index (Phi) is 6.42. The van der Waals surface area contributed by atoms with Gasteiger partial charge in [-0.05, 0) is 56.3 Å². The van der Waals surface area contributed by atoms with Crippen LogP contribution in [0.4, 0.5) is 5.95 Å². The maximum Gasteiger partial charge on any atom is 0.356 e. The van der Waals surface area contributed by atoms with Gasteiger partial charge in [-0.15, -0.1) is 0 Å². The average Bonchev–Trinajstić information content (AvgIpc) is 3.08. The number of ketones is 1. The Morgan fingerprint density at radius 3 is 2.48 bits per heavy atom. The fraction of sp³-hybridized carbons (Fsp3) is 0.417. The SMILES string of the molecule is COc1ccc(C(=O)C[n+]2c(N)n(CCN3CCCCC3)c3ccccc32)cc1OC. The zero-order valence-corrected chi connectivity index (χ0v) is 18.3. The number of likely N-dealkylation sites (tertiary alicyclic amines) is 1. The van der Waals surface area contributed by atoms with Crippen molar-refractivity contribution in [1.82, 2.24) is 9.47 Å². The number of piperidine rings is 1. The summed E-state index contributed by atoms with van der Waals surface area (Å²) in [6.45, 7) is 4.24. The van der Waals surface area contributed by atoms with E-state index in [1.165, 1.54) is 19.3 Å². The summed E-state index contributed by atoms with van der Waals surface area (Å²) in [5.41, 5.74) is 9.15. The van der Waals surface area contributed by atoms with Gasteiger partial charge in [0.05, 0.1) is 20.8 Å². The Morgan fingerprint density at radius 2 is 1.74 bits per heavy atom. The van der Waals surface area contributed by atoms with Crippen molar-refractivity contribution < 1.29 is 18.8 Å². The Hall–Kier alpha value is -3.06. The molecule has 0 saturated carbocycles. The van der Waals surface area contributed by atoms with Crippen molar-refractivity contribution in [2.75, 3.05) is 39.6 Å². The highest BCUT2D eigenvalue weighted by molar-refractivity contribution is 5.96. The van der Waals surface area contributed by atoms with Crippen molar-refractivity contribution in [3.05, 3.63) is 48.0 Å². The number of Topliss-reactive ketones (excluding diaryl/α,β-unsaturated/α-hetero) is 1. The number of rotatable bonds is 8. The molecule has 2 heterocycles. The first-order chi connectivity index (χ1) is 15.1. The van der Waals surface area contributed by atoms with E-state index in [1.54, 1.807) is 32.4 Å². The zero-order chi connectivity index (χ0) is 21.8. The molecule has 0 amide bonds. The molecular formula is C24H31N4O3+. The molecular weight excluding hydrogens is 392 g/mol. The van der Waals surface area contributed by atoms with Crippen LogP contribution >= 0.6 is 0 Å². The Balaban J connectivity index is 1.60. The van der Waals surface area contributed by atoms with Gasteiger partial charge in [0, 0.05) is 12.1 Å². The average molecular weight is 424 g/mol. The highest BCUT2D eigenvalue weighted by Crippen LogP contribution is 2.28. The van der Waals surface area contributed by atoms with Crippen molar-refractivity contribution in [2.24, 2.45) is 0 Å². The second-order valence-electron chi connectivity index (χ2n) is 7.98. The van der Waals surface area contributed by atoms with Gasteiger partial charge in [-0.2, -0.15) is 0 Å². The standard InChI is InChI=1S/C24H30N4O3/c1-30-22-11-10-18(16-23(22)31-2)21(29)17-28-20-9-5-4-8-19(20)27(24(28)25)15-14-26-12-6-3-7-13-26/h4-5,8-11,16,25H,3,6-7,12-15,17H2,1-2H3/p+1. The molecule has 0 aliphatic carbocycles. The lowest BCUT2D eigenvalue weighted by Crippen LogP contribution is -2.41. The molecule has 164 valence electrons. The second-order valence-corrected chi connectivity index (χ2v) is 7.98. The largest absolute Gasteiger partial charge is 0.493 e. The number of imidazole rings is 1. The molecule has 1 aliphatic heterocycles. The molecule has 0 spiro atoms. The predicted octanol–water partition coefficient (Wildman–Crippen LogP) is 2.90. The summed E-state index contributed by atoms with van der Waals surface area (Å²) in [6.07, 6.45) is 3.85. The summed E-state index contributed by atoms with van der Waals surface area (Å²) in [4.78, 5) is 15.6. The monoisotopic (exact) mass is 423 g/mol. The van der Waals surface area contributed by atoms with E-state index in [2.05, 4.69) is 15.5 Å². The zero-order valence-electron chi connectivity index (χ0n) is 18.3. The lowest BCUT2D eigenvalue weighted by molar-refractivity contribution is -0.642. The van der Waals surface area contributed by atoms with Crippen LogP contribution in [-0.2, 0) is 13.1 Å². The summed E-state index contributed by atoms with van der Waals surface area (Å²) in [5.74, 6) is 1.71. The van der Waals surface area contributed by atoms with Gasteiger partial charge < -0.3 is 14.4 Å². The Bertz CT molecular complexity index is 1070. The summed E-state index contributed by atoms with van der Waals surface area (Å²) < 4.78 is 14.7. The first kappa shape index (κ1) is 21.2. The molecule has 4 rings (SSSR count). The second kappa shape index (κ2) is 9.39. The number of ether oxygens (including phenoxy) is 2. The number of carbonyl (C=O) groups excluding carboxylic acids is 1. The third-order valence-electron chi connectivity index (χ3n) is 6.11. The lowest BCUT2D eigenvalue weighted by Gasteiger charge is -2.25.